The van der Waals surface area contributed by atoms with E-state index in [4.69, 9.17) is 18.9 Å². The minimum atomic E-state index is -0.522. The van der Waals surface area contributed by atoms with Crippen LogP contribution in [0.15, 0.2) is 118 Å². The summed E-state index contributed by atoms with van der Waals surface area (Å²) < 4.78 is 23.2. The van der Waals surface area contributed by atoms with E-state index in [1.807, 2.05) is 86.6 Å². The van der Waals surface area contributed by atoms with E-state index in [0.29, 0.717) is 71.2 Å². The Morgan fingerprint density at radius 1 is 0.567 bits per heavy atom. The van der Waals surface area contributed by atoms with Gasteiger partial charge in [0.05, 0.1) is 24.4 Å². The SMILES string of the molecule is CCOC(=O)C1=C(C)NC2=C(C(=O)CC(C)(C)C2)C1c1ccc(OCc2ccc(COc3ccc(C4C(C(=O)OCC)=C(C)NC5=C4C(=O)CC(C)(C)C5)cc3)cc2)cc1. The van der Waals surface area contributed by atoms with E-state index in [1.165, 1.54) is 0 Å². The van der Waals surface area contributed by atoms with Crippen molar-refractivity contribution >= 4 is 23.5 Å². The number of rotatable bonds is 12. The molecule has 2 N–H and O–H groups in total. The summed E-state index contributed by atoms with van der Waals surface area (Å²) >= 11 is 0. The van der Waals surface area contributed by atoms with E-state index in [9.17, 15) is 19.2 Å². The molecule has 0 aromatic heterocycles. The van der Waals surface area contributed by atoms with Crippen LogP contribution >= 0.6 is 0 Å². The quantitative estimate of drug-likeness (QED) is 0.171. The third-order valence-electron chi connectivity index (χ3n) is 11.7. The predicted molar refractivity (Wildman–Crippen MR) is 229 cm³/mol. The lowest BCUT2D eigenvalue weighted by Crippen LogP contribution is -2.38. The Labute approximate surface area is 353 Å². The molecule has 0 saturated heterocycles. The molecule has 0 saturated carbocycles. The summed E-state index contributed by atoms with van der Waals surface area (Å²) in [6.07, 6.45) is 2.27. The molecule has 4 aliphatic rings. The molecule has 3 aromatic carbocycles. The normalized spacial score (nSPS) is 20.8. The number of dihydropyridines is 2. The van der Waals surface area contributed by atoms with Crippen LogP contribution in [0.25, 0.3) is 0 Å². The second-order valence-corrected chi connectivity index (χ2v) is 17.8. The van der Waals surface area contributed by atoms with Gasteiger partial charge in [-0.25, -0.2) is 9.59 Å². The van der Waals surface area contributed by atoms with Gasteiger partial charge in [0, 0.05) is 58.6 Å². The Hall–Kier alpha value is -5.90. The maximum atomic E-state index is 13.6. The van der Waals surface area contributed by atoms with Crippen molar-refractivity contribution in [1.29, 1.82) is 0 Å². The molecule has 314 valence electrons. The van der Waals surface area contributed by atoms with E-state index in [-0.39, 0.29) is 35.6 Å². The lowest BCUT2D eigenvalue weighted by molar-refractivity contribution is -0.139. The van der Waals surface area contributed by atoms with Crippen molar-refractivity contribution in [1.82, 2.24) is 10.6 Å². The molecule has 10 nitrogen and oxygen atoms in total. The van der Waals surface area contributed by atoms with E-state index in [2.05, 4.69) is 38.3 Å². The summed E-state index contributed by atoms with van der Waals surface area (Å²) in [5.74, 6) is -0.461. The molecule has 3 aromatic rings. The van der Waals surface area contributed by atoms with Crippen molar-refractivity contribution in [2.75, 3.05) is 13.2 Å². The number of ether oxygens (including phenoxy) is 4. The smallest absolute Gasteiger partial charge is 0.336 e. The summed E-state index contributed by atoms with van der Waals surface area (Å²) in [5, 5.41) is 6.75. The standard InChI is InChI=1S/C50H56N2O8/c1-9-57-47(55)41-29(3)51-37-23-49(5,6)25-39(53)45(37)43(41)33-15-19-35(20-16-33)59-27-31-11-13-32(14-12-31)28-60-36-21-17-34(18-22-36)44-42(48(56)58-10-2)30(4)52-38-24-50(7,8)26-40(54)46(38)44/h11-22,43-44,51-52H,9-10,23-28H2,1-8H3. The number of ketones is 2. The highest BCUT2D eigenvalue weighted by molar-refractivity contribution is 6.05. The molecule has 2 heterocycles. The second kappa shape index (κ2) is 17.0. The van der Waals surface area contributed by atoms with Gasteiger partial charge in [0.2, 0.25) is 0 Å². The third kappa shape index (κ3) is 8.83. The summed E-state index contributed by atoms with van der Waals surface area (Å²) in [7, 11) is 0. The summed E-state index contributed by atoms with van der Waals surface area (Å²) in [6, 6.07) is 23.2. The number of benzene rings is 3. The van der Waals surface area contributed by atoms with Gasteiger partial charge >= 0.3 is 11.9 Å². The Kier molecular flexibility index (Phi) is 12.0. The van der Waals surface area contributed by atoms with Crippen molar-refractivity contribution < 1.29 is 38.1 Å². The molecule has 7 rings (SSSR count). The Bertz CT molecular complexity index is 2160. The average molecular weight is 813 g/mol. The largest absolute Gasteiger partial charge is 0.489 e. The molecular weight excluding hydrogens is 757 g/mol. The minimum absolute atomic E-state index is 0.0463. The van der Waals surface area contributed by atoms with E-state index >= 15 is 0 Å². The van der Waals surface area contributed by atoms with Gasteiger partial charge in [-0.05, 0) is 97.9 Å². The van der Waals surface area contributed by atoms with Crippen LogP contribution < -0.4 is 20.1 Å². The topological polar surface area (TPSA) is 129 Å². The van der Waals surface area contributed by atoms with Crippen LogP contribution in [-0.2, 0) is 41.9 Å². The number of hydrogen-bond donors (Lipinski definition) is 2. The van der Waals surface area contributed by atoms with Crippen LogP contribution in [0.3, 0.4) is 0 Å². The lowest BCUT2D eigenvalue weighted by atomic mass is 9.68. The van der Waals surface area contributed by atoms with Crippen LogP contribution in [0.5, 0.6) is 11.5 Å². The van der Waals surface area contributed by atoms with E-state index < -0.39 is 23.8 Å². The van der Waals surface area contributed by atoms with Crippen LogP contribution in [0.2, 0.25) is 0 Å². The fraction of sp³-hybridized carbons (Fsp3) is 0.400. The first-order valence-corrected chi connectivity index (χ1v) is 20.9. The zero-order valence-corrected chi connectivity index (χ0v) is 36.0. The highest BCUT2D eigenvalue weighted by Crippen LogP contribution is 2.48. The lowest BCUT2D eigenvalue weighted by Gasteiger charge is -2.39. The molecule has 0 amide bonds. The molecule has 60 heavy (non-hydrogen) atoms. The number of Topliss-reactive ketones (excluding diaryl/α,β-unsaturated/α-hetero) is 2. The maximum absolute atomic E-state index is 13.6. The van der Waals surface area contributed by atoms with Crippen LogP contribution in [0.4, 0.5) is 0 Å². The Balaban J connectivity index is 0.994. The molecule has 0 fully saturated rings. The zero-order valence-electron chi connectivity index (χ0n) is 36.0. The molecule has 0 spiro atoms. The molecule has 2 aliphatic carbocycles. The van der Waals surface area contributed by atoms with Crippen molar-refractivity contribution in [3.63, 3.8) is 0 Å². The molecule has 2 aliphatic heterocycles. The minimum Gasteiger partial charge on any atom is -0.489 e. The molecule has 0 radical (unpaired) electrons. The fourth-order valence-electron chi connectivity index (χ4n) is 9.08. The number of nitrogens with one attached hydrogen (secondary N) is 2. The molecule has 10 heteroatoms. The second-order valence-electron chi connectivity index (χ2n) is 17.8. The van der Waals surface area contributed by atoms with Gasteiger partial charge in [-0.1, -0.05) is 76.2 Å². The van der Waals surface area contributed by atoms with Crippen LogP contribution in [-0.4, -0.2) is 36.7 Å². The van der Waals surface area contributed by atoms with Gasteiger partial charge in [0.15, 0.2) is 11.6 Å². The Morgan fingerprint density at radius 3 is 1.25 bits per heavy atom. The first kappa shape index (κ1) is 42.2. The first-order valence-electron chi connectivity index (χ1n) is 20.9. The zero-order chi connectivity index (χ0) is 42.9. The number of carbonyl (C=O) groups is 4. The van der Waals surface area contributed by atoms with E-state index in [0.717, 1.165) is 46.5 Å². The maximum Gasteiger partial charge on any atom is 0.336 e. The number of allylic oxidation sites excluding steroid dienone is 6. The monoisotopic (exact) mass is 812 g/mol. The van der Waals surface area contributed by atoms with Crippen molar-refractivity contribution in [3.05, 3.63) is 140 Å². The van der Waals surface area contributed by atoms with Gasteiger partial charge < -0.3 is 29.6 Å². The van der Waals surface area contributed by atoms with E-state index in [1.54, 1.807) is 13.8 Å². The average Bonchev–Trinajstić information content (AvgIpc) is 3.18. The van der Waals surface area contributed by atoms with Gasteiger partial charge in [-0.2, -0.15) is 0 Å². The van der Waals surface area contributed by atoms with Gasteiger partial charge in [-0.3, -0.25) is 9.59 Å². The van der Waals surface area contributed by atoms with Gasteiger partial charge in [-0.15, -0.1) is 0 Å². The van der Waals surface area contributed by atoms with Crippen molar-refractivity contribution in [2.45, 2.75) is 106 Å². The molecule has 2 unspecified atom stereocenters. The fourth-order valence-corrected chi connectivity index (χ4v) is 9.08. The molecule has 0 bridgehead atoms. The number of carbonyl (C=O) groups excluding carboxylic acids is 4. The van der Waals surface area contributed by atoms with Gasteiger partial charge in [0.1, 0.15) is 24.7 Å². The highest BCUT2D eigenvalue weighted by Gasteiger charge is 2.44. The van der Waals surface area contributed by atoms with Crippen molar-refractivity contribution in [3.8, 4) is 11.5 Å². The molecular formula is C50H56N2O8. The summed E-state index contributed by atoms with van der Waals surface area (Å²) in [5.41, 5.74) is 8.67. The van der Waals surface area contributed by atoms with Gasteiger partial charge in [0.25, 0.3) is 0 Å². The number of esters is 2. The summed E-state index contributed by atoms with van der Waals surface area (Å²) in [4.78, 5) is 53.6. The van der Waals surface area contributed by atoms with Crippen LogP contribution in [0.1, 0.15) is 115 Å². The Morgan fingerprint density at radius 2 is 0.917 bits per heavy atom. The predicted octanol–water partition coefficient (Wildman–Crippen LogP) is 9.18. The highest BCUT2D eigenvalue weighted by atomic mass is 16.5. The molecule has 2 atom stereocenters. The summed E-state index contributed by atoms with van der Waals surface area (Å²) in [6.45, 7) is 16.8. The number of hydrogen-bond acceptors (Lipinski definition) is 10. The van der Waals surface area contributed by atoms with Crippen LogP contribution in [0, 0.1) is 10.8 Å². The third-order valence-corrected chi connectivity index (χ3v) is 11.7. The van der Waals surface area contributed by atoms with Crippen molar-refractivity contribution in [2.24, 2.45) is 10.8 Å². The first-order chi connectivity index (χ1) is 28.6.